The van der Waals surface area contributed by atoms with Gasteiger partial charge in [-0.15, -0.1) is 0 Å². The number of hydrogen-bond acceptors (Lipinski definition) is 5. The number of para-hydroxylation sites is 1. The van der Waals surface area contributed by atoms with E-state index in [9.17, 15) is 14.4 Å². The normalized spacial score (nSPS) is 22.4. The van der Waals surface area contributed by atoms with Crippen LogP contribution in [0, 0.1) is 11.8 Å². The highest BCUT2D eigenvalue weighted by molar-refractivity contribution is 6.02. The summed E-state index contributed by atoms with van der Waals surface area (Å²) < 4.78 is 11.9. The van der Waals surface area contributed by atoms with E-state index in [0.29, 0.717) is 48.1 Å². The molecule has 0 saturated heterocycles. The van der Waals surface area contributed by atoms with E-state index in [1.807, 2.05) is 36.9 Å². The van der Waals surface area contributed by atoms with Crippen LogP contribution in [0.25, 0.3) is 0 Å². The number of fused-ring (bicyclic) bond motifs is 1. The van der Waals surface area contributed by atoms with Gasteiger partial charge in [-0.1, -0.05) is 25.1 Å². The molecule has 0 bridgehead atoms. The monoisotopic (exact) mass is 522 g/mol. The van der Waals surface area contributed by atoms with Crippen molar-refractivity contribution in [3.05, 3.63) is 54.1 Å². The first-order valence-corrected chi connectivity index (χ1v) is 13.2. The fraction of sp³-hybridized carbons (Fsp3) is 0.483. The Morgan fingerprint density at radius 1 is 1.03 bits per heavy atom. The summed E-state index contributed by atoms with van der Waals surface area (Å²) in [6, 6.07) is 13.5. The lowest BCUT2D eigenvalue weighted by Crippen LogP contribution is -2.48. The fourth-order valence-electron chi connectivity index (χ4n) is 4.70. The molecule has 3 atom stereocenters. The zero-order valence-electron chi connectivity index (χ0n) is 22.6. The van der Waals surface area contributed by atoms with E-state index in [-0.39, 0.29) is 36.5 Å². The number of methoxy groups -OCH3 is 1. The molecule has 1 aliphatic carbocycles. The lowest BCUT2D eigenvalue weighted by atomic mass is 10.0. The van der Waals surface area contributed by atoms with E-state index in [1.54, 1.807) is 49.4 Å². The number of carbonyl (C=O) groups is 3. The van der Waals surface area contributed by atoms with Gasteiger partial charge in [0.1, 0.15) is 12.4 Å². The topological polar surface area (TPSA) is 100 Å². The number of ether oxygens (including phenoxy) is 2. The number of hydrogen-bond donors (Lipinski definition) is 2. The maximum atomic E-state index is 13.5. The van der Waals surface area contributed by atoms with Gasteiger partial charge >= 0.3 is 6.03 Å². The molecular weight excluding hydrogens is 484 g/mol. The molecule has 9 heteroatoms. The molecule has 2 N–H and O–H groups in total. The molecule has 1 fully saturated rings. The van der Waals surface area contributed by atoms with Gasteiger partial charge < -0.3 is 29.9 Å². The lowest BCUT2D eigenvalue weighted by Gasteiger charge is -2.36. The number of nitrogens with zero attached hydrogens (tertiary/aromatic N) is 2. The Labute approximate surface area is 224 Å². The Balaban J connectivity index is 1.57. The molecule has 0 spiro atoms. The van der Waals surface area contributed by atoms with Crippen molar-refractivity contribution < 1.29 is 23.9 Å². The first-order chi connectivity index (χ1) is 18.2. The van der Waals surface area contributed by atoms with Crippen LogP contribution < -0.4 is 15.4 Å². The highest BCUT2D eigenvalue weighted by Crippen LogP contribution is 2.33. The van der Waals surface area contributed by atoms with Crippen molar-refractivity contribution in [1.82, 2.24) is 9.80 Å². The summed E-state index contributed by atoms with van der Waals surface area (Å²) >= 11 is 0. The Bertz CT molecular complexity index is 1140. The number of urea groups is 1. The van der Waals surface area contributed by atoms with Crippen LogP contribution in [0.2, 0.25) is 0 Å². The van der Waals surface area contributed by atoms with E-state index in [2.05, 4.69) is 10.6 Å². The quantitative estimate of drug-likeness (QED) is 0.604. The van der Waals surface area contributed by atoms with E-state index >= 15 is 0 Å². The molecule has 1 aliphatic heterocycles. The molecule has 0 radical (unpaired) electrons. The summed E-state index contributed by atoms with van der Waals surface area (Å²) in [5, 5.41) is 5.56. The van der Waals surface area contributed by atoms with Crippen molar-refractivity contribution in [1.29, 1.82) is 0 Å². The lowest BCUT2D eigenvalue weighted by molar-refractivity contribution is -0.135. The van der Waals surface area contributed by atoms with Gasteiger partial charge in [0.15, 0.2) is 0 Å². The minimum absolute atomic E-state index is 0.00873. The first-order valence-electron chi connectivity index (χ1n) is 13.2. The third-order valence-electron chi connectivity index (χ3n) is 7.21. The minimum Gasteiger partial charge on any atom is -0.491 e. The van der Waals surface area contributed by atoms with E-state index in [0.717, 1.165) is 12.8 Å². The Kier molecular flexibility index (Phi) is 8.89. The summed E-state index contributed by atoms with van der Waals surface area (Å²) in [5.41, 5.74) is 1.45. The van der Waals surface area contributed by atoms with Crippen LogP contribution >= 0.6 is 0 Å². The Morgan fingerprint density at radius 2 is 1.74 bits per heavy atom. The average molecular weight is 523 g/mol. The summed E-state index contributed by atoms with van der Waals surface area (Å²) in [6.45, 7) is 5.14. The van der Waals surface area contributed by atoms with Crippen LogP contribution in [0.15, 0.2) is 48.5 Å². The van der Waals surface area contributed by atoms with Gasteiger partial charge in [0.05, 0.1) is 17.7 Å². The first kappa shape index (κ1) is 27.4. The van der Waals surface area contributed by atoms with Gasteiger partial charge in [0.25, 0.3) is 5.91 Å². The van der Waals surface area contributed by atoms with E-state index < -0.39 is 6.03 Å². The van der Waals surface area contributed by atoms with Crippen molar-refractivity contribution in [2.75, 3.05) is 44.5 Å². The third kappa shape index (κ3) is 7.04. The number of likely N-dealkylation sites (N-methyl/N-ethyl adjacent to an activating group) is 1. The molecule has 204 valence electrons. The van der Waals surface area contributed by atoms with E-state index in [1.165, 1.54) is 0 Å². The SMILES string of the molecule is CO[C@@H]1CN(C)C(=O)c2cc(NC(=O)Nc3ccccc3)ccc2OC[C@@H](C)N(C(=O)CC2CC2)C[C@@H]1C. The van der Waals surface area contributed by atoms with Gasteiger partial charge in [0, 0.05) is 51.0 Å². The molecule has 9 nitrogen and oxygen atoms in total. The minimum atomic E-state index is -0.419. The summed E-state index contributed by atoms with van der Waals surface area (Å²) in [7, 11) is 3.35. The molecule has 0 unspecified atom stereocenters. The Morgan fingerprint density at radius 3 is 2.42 bits per heavy atom. The second kappa shape index (κ2) is 12.3. The Hall–Kier alpha value is -3.59. The fourth-order valence-corrected chi connectivity index (χ4v) is 4.70. The second-order valence-corrected chi connectivity index (χ2v) is 10.4. The molecule has 2 aliphatic rings. The number of benzene rings is 2. The van der Waals surface area contributed by atoms with Gasteiger partial charge in [-0.25, -0.2) is 4.79 Å². The predicted molar refractivity (Wildman–Crippen MR) is 146 cm³/mol. The number of anilines is 2. The van der Waals surface area contributed by atoms with Crippen LogP contribution in [0.1, 0.15) is 43.5 Å². The van der Waals surface area contributed by atoms with Crippen LogP contribution in [-0.2, 0) is 9.53 Å². The summed E-state index contributed by atoms with van der Waals surface area (Å²) in [6.07, 6.45) is 2.53. The predicted octanol–water partition coefficient (Wildman–Crippen LogP) is 4.46. The highest BCUT2D eigenvalue weighted by Gasteiger charge is 2.33. The van der Waals surface area contributed by atoms with Gasteiger partial charge in [-0.2, -0.15) is 0 Å². The highest BCUT2D eigenvalue weighted by atomic mass is 16.5. The van der Waals surface area contributed by atoms with Crippen LogP contribution in [-0.4, -0.2) is 73.6 Å². The van der Waals surface area contributed by atoms with Crippen LogP contribution in [0.5, 0.6) is 5.75 Å². The number of amides is 4. The average Bonchev–Trinajstić information content (AvgIpc) is 3.72. The van der Waals surface area contributed by atoms with Crippen molar-refractivity contribution >= 4 is 29.2 Å². The van der Waals surface area contributed by atoms with Crippen LogP contribution in [0.4, 0.5) is 16.2 Å². The molecular formula is C29H38N4O5. The van der Waals surface area contributed by atoms with Crippen molar-refractivity contribution in [3.8, 4) is 5.75 Å². The zero-order chi connectivity index (χ0) is 27.2. The van der Waals surface area contributed by atoms with Crippen molar-refractivity contribution in [2.45, 2.75) is 45.3 Å². The second-order valence-electron chi connectivity index (χ2n) is 10.4. The summed E-state index contributed by atoms with van der Waals surface area (Å²) in [5.74, 6) is 0.793. The van der Waals surface area contributed by atoms with Crippen molar-refractivity contribution in [3.63, 3.8) is 0 Å². The zero-order valence-corrected chi connectivity index (χ0v) is 22.6. The molecule has 38 heavy (non-hydrogen) atoms. The molecule has 2 aromatic rings. The van der Waals surface area contributed by atoms with Gasteiger partial charge in [-0.05, 0) is 56.0 Å². The molecule has 1 saturated carbocycles. The van der Waals surface area contributed by atoms with Gasteiger partial charge in [0.2, 0.25) is 5.91 Å². The molecule has 2 aromatic carbocycles. The number of carbonyl (C=O) groups excluding carboxylic acids is 3. The standard InChI is InChI=1S/C29H38N4O5/c1-19-16-33(27(34)14-21-10-11-21)20(2)18-38-25-13-12-23(31-29(36)30-22-8-6-5-7-9-22)15-24(25)28(35)32(3)17-26(19)37-4/h5-9,12-13,15,19-21,26H,10-11,14,16-18H2,1-4H3,(H2,30,31,36)/t19-,20+,26+/m0/s1. The van der Waals surface area contributed by atoms with Crippen molar-refractivity contribution in [2.24, 2.45) is 11.8 Å². The van der Waals surface area contributed by atoms with Gasteiger partial charge in [-0.3, -0.25) is 9.59 Å². The molecule has 4 amide bonds. The largest absolute Gasteiger partial charge is 0.491 e. The van der Waals surface area contributed by atoms with Crippen LogP contribution in [0.3, 0.4) is 0 Å². The molecule has 1 heterocycles. The van der Waals surface area contributed by atoms with E-state index in [4.69, 9.17) is 9.47 Å². The molecule has 4 rings (SSSR count). The summed E-state index contributed by atoms with van der Waals surface area (Å²) in [4.78, 5) is 42.8. The maximum absolute atomic E-state index is 13.5. The smallest absolute Gasteiger partial charge is 0.323 e. The maximum Gasteiger partial charge on any atom is 0.323 e. The number of rotatable bonds is 5. The molecule has 0 aromatic heterocycles. The third-order valence-corrected chi connectivity index (χ3v) is 7.21. The number of nitrogens with one attached hydrogen (secondary N) is 2.